The summed E-state index contributed by atoms with van der Waals surface area (Å²) in [5.41, 5.74) is 7.26. The van der Waals surface area contributed by atoms with E-state index in [1.165, 1.54) is 18.5 Å². The number of aliphatic hydroxyl groups excluding tert-OH is 2. The van der Waals surface area contributed by atoms with E-state index in [0.717, 1.165) is 11.1 Å². The molecule has 0 radical (unpaired) electrons. The van der Waals surface area contributed by atoms with Crippen molar-refractivity contribution < 1.29 is 19.3 Å². The third kappa shape index (κ3) is 3.02. The van der Waals surface area contributed by atoms with Crippen LogP contribution in [0, 0.1) is 12.7 Å². The standard InChI is InChI=1S/C19H20ClFN4O3/c1-9-10-4-5-25(19(10)24-8-23-9)13-6-15(18(27)17(13)26)28-14-3-2-12(20)16(21)11(14)7-22/h2-5,8,13,15,17-18,26-27H,6-7,22H2,1H3/t13?,15?,17-,18+/m0/s1. The molecule has 4 N–H and O–H groups in total. The summed E-state index contributed by atoms with van der Waals surface area (Å²) in [6, 6.07) is 4.31. The maximum absolute atomic E-state index is 14.2. The van der Waals surface area contributed by atoms with Crippen molar-refractivity contribution in [3.8, 4) is 5.75 Å². The Labute approximate surface area is 165 Å². The highest BCUT2D eigenvalue weighted by molar-refractivity contribution is 6.30. The number of nitrogens with two attached hydrogens (primary N) is 1. The first kappa shape index (κ1) is 19.1. The van der Waals surface area contributed by atoms with Crippen molar-refractivity contribution in [2.24, 2.45) is 5.73 Å². The highest BCUT2D eigenvalue weighted by Crippen LogP contribution is 2.37. The van der Waals surface area contributed by atoms with E-state index in [4.69, 9.17) is 22.1 Å². The molecule has 0 saturated heterocycles. The van der Waals surface area contributed by atoms with E-state index in [-0.39, 0.29) is 22.9 Å². The van der Waals surface area contributed by atoms with E-state index in [1.54, 1.807) is 0 Å². The van der Waals surface area contributed by atoms with Crippen molar-refractivity contribution in [2.45, 2.75) is 44.2 Å². The van der Waals surface area contributed by atoms with Crippen LogP contribution in [-0.4, -0.2) is 43.1 Å². The Morgan fingerprint density at radius 3 is 2.82 bits per heavy atom. The summed E-state index contributed by atoms with van der Waals surface area (Å²) in [4.78, 5) is 8.47. The zero-order valence-corrected chi connectivity index (χ0v) is 15.8. The zero-order chi connectivity index (χ0) is 20.0. The largest absolute Gasteiger partial charge is 0.487 e. The quantitative estimate of drug-likeness (QED) is 0.612. The topological polar surface area (TPSA) is 106 Å². The number of aliphatic hydroxyl groups is 2. The molecule has 7 nitrogen and oxygen atoms in total. The van der Waals surface area contributed by atoms with Gasteiger partial charge in [0.2, 0.25) is 0 Å². The normalized spacial score (nSPS) is 24.8. The minimum atomic E-state index is -1.16. The predicted octanol–water partition coefficient (Wildman–Crippen LogP) is 2.11. The highest BCUT2D eigenvalue weighted by atomic mass is 35.5. The fourth-order valence-electron chi connectivity index (χ4n) is 3.76. The molecule has 1 fully saturated rings. The number of hydrogen-bond donors (Lipinski definition) is 3. The van der Waals surface area contributed by atoms with Crippen molar-refractivity contribution in [3.63, 3.8) is 0 Å². The molecule has 0 spiro atoms. The van der Waals surface area contributed by atoms with Crippen LogP contribution < -0.4 is 10.5 Å². The van der Waals surface area contributed by atoms with Gasteiger partial charge in [0.1, 0.15) is 41.9 Å². The summed E-state index contributed by atoms with van der Waals surface area (Å²) >= 11 is 5.80. The predicted molar refractivity (Wildman–Crippen MR) is 102 cm³/mol. The van der Waals surface area contributed by atoms with Gasteiger partial charge >= 0.3 is 0 Å². The molecule has 148 valence electrons. The minimum absolute atomic E-state index is 0.0495. The summed E-state index contributed by atoms with van der Waals surface area (Å²) in [5, 5.41) is 22.0. The second-order valence-electron chi connectivity index (χ2n) is 6.90. The van der Waals surface area contributed by atoms with Crippen molar-refractivity contribution in [1.29, 1.82) is 0 Å². The third-order valence-electron chi connectivity index (χ3n) is 5.30. The number of ether oxygens (including phenoxy) is 1. The molecule has 0 aliphatic heterocycles. The first-order valence-electron chi connectivity index (χ1n) is 8.90. The number of hydrogen-bond acceptors (Lipinski definition) is 6. The smallest absolute Gasteiger partial charge is 0.149 e. The molecule has 0 amide bonds. The first-order valence-corrected chi connectivity index (χ1v) is 9.28. The van der Waals surface area contributed by atoms with Crippen LogP contribution in [0.15, 0.2) is 30.7 Å². The molecule has 2 unspecified atom stereocenters. The van der Waals surface area contributed by atoms with Gasteiger partial charge in [0.25, 0.3) is 0 Å². The van der Waals surface area contributed by atoms with Crippen molar-refractivity contribution in [3.05, 3.63) is 52.8 Å². The number of aromatic nitrogens is 3. The Balaban J connectivity index is 1.64. The van der Waals surface area contributed by atoms with E-state index in [0.29, 0.717) is 12.1 Å². The van der Waals surface area contributed by atoms with Gasteiger partial charge in [-0.2, -0.15) is 0 Å². The van der Waals surface area contributed by atoms with Crippen molar-refractivity contribution in [1.82, 2.24) is 14.5 Å². The molecule has 4 atom stereocenters. The summed E-state index contributed by atoms with van der Waals surface area (Å²) in [6.45, 7) is 1.78. The Morgan fingerprint density at radius 2 is 2.07 bits per heavy atom. The number of fused-ring (bicyclic) bond motifs is 1. The number of rotatable bonds is 4. The average molecular weight is 407 g/mol. The molecule has 1 aliphatic rings. The van der Waals surface area contributed by atoms with Gasteiger partial charge < -0.3 is 25.3 Å². The van der Waals surface area contributed by atoms with E-state index in [2.05, 4.69) is 9.97 Å². The van der Waals surface area contributed by atoms with Crippen LogP contribution in [0.4, 0.5) is 4.39 Å². The molecule has 0 bridgehead atoms. The third-order valence-corrected chi connectivity index (χ3v) is 5.59. The van der Waals surface area contributed by atoms with Crippen LogP contribution in [0.25, 0.3) is 11.0 Å². The fraction of sp³-hybridized carbons (Fsp3) is 0.368. The summed E-state index contributed by atoms with van der Waals surface area (Å²) in [5.74, 6) is -0.438. The number of halogens is 2. The molecule has 1 aromatic carbocycles. The molecule has 4 rings (SSSR count). The molecule has 1 saturated carbocycles. The lowest BCUT2D eigenvalue weighted by Crippen LogP contribution is -2.34. The maximum Gasteiger partial charge on any atom is 0.149 e. The second kappa shape index (κ2) is 7.29. The Bertz CT molecular complexity index is 1030. The van der Waals surface area contributed by atoms with Crippen LogP contribution in [-0.2, 0) is 6.54 Å². The van der Waals surface area contributed by atoms with E-state index in [9.17, 15) is 14.6 Å². The van der Waals surface area contributed by atoms with Crippen LogP contribution in [0.3, 0.4) is 0 Å². The monoisotopic (exact) mass is 406 g/mol. The van der Waals surface area contributed by atoms with E-state index >= 15 is 0 Å². The van der Waals surface area contributed by atoms with Crippen LogP contribution in [0.1, 0.15) is 23.7 Å². The number of nitrogens with zero attached hydrogens (tertiary/aromatic N) is 3. The Morgan fingerprint density at radius 1 is 1.29 bits per heavy atom. The van der Waals surface area contributed by atoms with Gasteiger partial charge in [-0.1, -0.05) is 11.6 Å². The molecule has 2 heterocycles. The maximum atomic E-state index is 14.2. The SMILES string of the molecule is Cc1ncnc2c1ccn2C1CC(Oc2ccc(Cl)c(F)c2CN)[C@@H](O)[C@H]1O. The van der Waals surface area contributed by atoms with Crippen LogP contribution in [0.5, 0.6) is 5.75 Å². The van der Waals surface area contributed by atoms with Gasteiger partial charge in [0.05, 0.1) is 16.8 Å². The van der Waals surface area contributed by atoms with Gasteiger partial charge in [-0.25, -0.2) is 14.4 Å². The minimum Gasteiger partial charge on any atom is -0.487 e. The van der Waals surface area contributed by atoms with Gasteiger partial charge in [0, 0.05) is 30.1 Å². The molecular weight excluding hydrogens is 387 g/mol. The first-order chi connectivity index (χ1) is 13.4. The van der Waals surface area contributed by atoms with Gasteiger partial charge in [0.15, 0.2) is 0 Å². The Hall–Kier alpha value is -2.26. The summed E-state index contributed by atoms with van der Waals surface area (Å²) in [7, 11) is 0. The lowest BCUT2D eigenvalue weighted by Gasteiger charge is -2.20. The molecule has 3 aromatic rings. The van der Waals surface area contributed by atoms with Gasteiger partial charge in [-0.05, 0) is 25.1 Å². The van der Waals surface area contributed by atoms with E-state index < -0.39 is 30.2 Å². The second-order valence-corrected chi connectivity index (χ2v) is 7.31. The molecule has 28 heavy (non-hydrogen) atoms. The van der Waals surface area contributed by atoms with Gasteiger partial charge in [-0.3, -0.25) is 0 Å². The summed E-state index contributed by atoms with van der Waals surface area (Å²) < 4.78 is 21.9. The molecule has 1 aliphatic carbocycles. The average Bonchev–Trinajstić information content (AvgIpc) is 3.22. The van der Waals surface area contributed by atoms with Crippen molar-refractivity contribution in [2.75, 3.05) is 0 Å². The molecule has 2 aromatic heterocycles. The van der Waals surface area contributed by atoms with E-state index in [1.807, 2.05) is 23.8 Å². The zero-order valence-electron chi connectivity index (χ0n) is 15.1. The lowest BCUT2D eigenvalue weighted by atomic mass is 10.1. The summed E-state index contributed by atoms with van der Waals surface area (Å²) in [6.07, 6.45) is 0.603. The molecule has 9 heteroatoms. The van der Waals surface area contributed by atoms with Crippen LogP contribution >= 0.6 is 11.6 Å². The number of aryl methyl sites for hydroxylation is 1. The molecular formula is C19H20ClFN4O3. The van der Waals surface area contributed by atoms with Crippen LogP contribution in [0.2, 0.25) is 5.02 Å². The highest BCUT2D eigenvalue weighted by Gasteiger charge is 2.44. The van der Waals surface area contributed by atoms with Gasteiger partial charge in [-0.15, -0.1) is 0 Å². The lowest BCUT2D eigenvalue weighted by molar-refractivity contribution is -0.0166. The Kier molecular flexibility index (Phi) is 4.96. The number of benzene rings is 1. The van der Waals surface area contributed by atoms with Crippen molar-refractivity contribution >= 4 is 22.6 Å². The fourth-order valence-corrected chi connectivity index (χ4v) is 3.94.